The number of hydrogen-bond acceptors (Lipinski definition) is 3. The number of halogens is 3. The van der Waals surface area contributed by atoms with Gasteiger partial charge in [-0.05, 0) is 6.92 Å². The van der Waals surface area contributed by atoms with E-state index in [1.165, 1.54) is 0 Å². The first kappa shape index (κ1) is 13.7. The minimum absolute atomic E-state index is 0.162. The second-order valence-corrected chi connectivity index (χ2v) is 2.07. The highest BCUT2D eigenvalue weighted by molar-refractivity contribution is 5.79. The predicted molar refractivity (Wildman–Crippen MR) is 38.0 cm³/mol. The van der Waals surface area contributed by atoms with E-state index in [0.29, 0.717) is 6.54 Å². The average Bonchev–Trinajstić information content (AvgIpc) is 1.87. The Labute approximate surface area is 67.9 Å². The summed E-state index contributed by atoms with van der Waals surface area (Å²) in [4.78, 5) is 9.12. The molecule has 0 saturated heterocycles. The van der Waals surface area contributed by atoms with Crippen LogP contribution in [0, 0.1) is 0 Å². The summed E-state index contributed by atoms with van der Waals surface area (Å²) >= 11 is 0. The predicted octanol–water partition coefficient (Wildman–Crippen LogP) is -0.674. The molecule has 0 heterocycles. The smallest absolute Gasteiger partial charge is 0.362 e. The van der Waals surface area contributed by atoms with Crippen molar-refractivity contribution in [2.75, 3.05) is 6.54 Å². The summed E-state index contributed by atoms with van der Waals surface area (Å²) in [6.07, 6.45) is -4.86. The van der Waals surface area contributed by atoms with Gasteiger partial charge in [-0.25, -0.2) is 0 Å². The maximum Gasteiger partial charge on any atom is 0.470 e. The number of alkyl halides is 3. The lowest BCUT2D eigenvalue weighted by Crippen LogP contribution is -2.30. The minimum Gasteiger partial charge on any atom is -0.362 e. The molecule has 7 heteroatoms. The molecule has 0 aromatic heterocycles. The van der Waals surface area contributed by atoms with Gasteiger partial charge in [0.25, 0.3) is 0 Å². The van der Waals surface area contributed by atoms with Gasteiger partial charge >= 0.3 is 12.1 Å². The van der Waals surface area contributed by atoms with E-state index in [-0.39, 0.29) is 6.04 Å². The molecule has 0 rings (SSSR count). The number of nitrogens with two attached hydrogens (primary N) is 3. The van der Waals surface area contributed by atoms with Gasteiger partial charge < -0.3 is 17.2 Å². The Morgan fingerprint density at radius 3 is 1.67 bits per heavy atom. The highest BCUT2D eigenvalue weighted by atomic mass is 19.4. The summed E-state index contributed by atoms with van der Waals surface area (Å²) in [5.41, 5.74) is 14.0. The van der Waals surface area contributed by atoms with Crippen LogP contribution in [-0.2, 0) is 4.79 Å². The monoisotopic (exact) mass is 187 g/mol. The first-order valence-electron chi connectivity index (χ1n) is 3.04. The van der Waals surface area contributed by atoms with Crippen molar-refractivity contribution >= 4 is 5.91 Å². The topological polar surface area (TPSA) is 95.1 Å². The normalized spacial score (nSPS) is 12.8. The second kappa shape index (κ2) is 5.78. The maximum atomic E-state index is 10.7. The molecule has 0 aliphatic heterocycles. The van der Waals surface area contributed by atoms with Crippen molar-refractivity contribution in [3.8, 4) is 0 Å². The minimum atomic E-state index is -4.86. The summed E-state index contributed by atoms with van der Waals surface area (Å²) in [5, 5.41) is 0. The van der Waals surface area contributed by atoms with E-state index >= 15 is 0 Å². The van der Waals surface area contributed by atoms with Crippen LogP contribution < -0.4 is 17.2 Å². The molecule has 0 fully saturated rings. The number of hydrogen-bond donors (Lipinski definition) is 3. The second-order valence-electron chi connectivity index (χ2n) is 2.07. The highest BCUT2D eigenvalue weighted by Crippen LogP contribution is 2.11. The zero-order valence-electron chi connectivity index (χ0n) is 6.56. The van der Waals surface area contributed by atoms with Crippen molar-refractivity contribution in [1.29, 1.82) is 0 Å². The van der Waals surface area contributed by atoms with Gasteiger partial charge in [-0.15, -0.1) is 0 Å². The largest absolute Gasteiger partial charge is 0.470 e. The van der Waals surface area contributed by atoms with E-state index in [0.717, 1.165) is 0 Å². The summed E-state index contributed by atoms with van der Waals surface area (Å²) in [7, 11) is 0. The Kier molecular flexibility index (Phi) is 6.63. The lowest BCUT2D eigenvalue weighted by molar-refractivity contribution is -0.169. The molecule has 4 nitrogen and oxygen atoms in total. The SMILES string of the molecule is CC(N)CN.NC(=O)C(F)(F)F. The third-order valence-electron chi connectivity index (χ3n) is 0.651. The fourth-order valence-corrected chi connectivity index (χ4v) is 0. The van der Waals surface area contributed by atoms with Gasteiger partial charge in [0.05, 0.1) is 0 Å². The van der Waals surface area contributed by atoms with Crippen molar-refractivity contribution in [3.05, 3.63) is 0 Å². The lowest BCUT2D eigenvalue weighted by atomic mass is 10.4. The number of carbonyl (C=O) groups excluding carboxylic acids is 1. The number of primary amides is 1. The third-order valence-corrected chi connectivity index (χ3v) is 0.651. The van der Waals surface area contributed by atoms with Crippen molar-refractivity contribution in [3.63, 3.8) is 0 Å². The molecule has 74 valence electrons. The molecule has 0 saturated carbocycles. The van der Waals surface area contributed by atoms with Gasteiger partial charge in [-0.3, -0.25) is 4.79 Å². The molecule has 0 radical (unpaired) electrons. The van der Waals surface area contributed by atoms with Crippen molar-refractivity contribution in [2.24, 2.45) is 17.2 Å². The van der Waals surface area contributed by atoms with E-state index in [9.17, 15) is 13.2 Å². The van der Waals surface area contributed by atoms with Gasteiger partial charge in [0.2, 0.25) is 0 Å². The van der Waals surface area contributed by atoms with Crippen LogP contribution in [0.2, 0.25) is 0 Å². The molecule has 0 spiro atoms. The molecule has 0 aromatic rings. The molecule has 6 N–H and O–H groups in total. The van der Waals surface area contributed by atoms with Crippen LogP contribution in [0.1, 0.15) is 6.92 Å². The quantitative estimate of drug-likeness (QED) is 0.507. The van der Waals surface area contributed by atoms with Crippen molar-refractivity contribution < 1.29 is 18.0 Å². The van der Waals surface area contributed by atoms with Gasteiger partial charge in [-0.1, -0.05) is 0 Å². The molecule has 0 aromatic carbocycles. The van der Waals surface area contributed by atoms with Crippen LogP contribution in [-0.4, -0.2) is 24.7 Å². The standard InChI is InChI=1S/C3H10N2.C2H2F3NO/c1-3(5)2-4;3-2(4,5)1(6)7/h3H,2,4-5H2,1H3;(H2,6,7). The summed E-state index contributed by atoms with van der Waals surface area (Å²) in [6.45, 7) is 2.46. The van der Waals surface area contributed by atoms with E-state index in [1.807, 2.05) is 6.92 Å². The highest BCUT2D eigenvalue weighted by Gasteiger charge is 2.35. The number of carbonyl (C=O) groups is 1. The van der Waals surface area contributed by atoms with Crippen LogP contribution in [0.5, 0.6) is 0 Å². The molecular weight excluding hydrogens is 175 g/mol. The molecule has 0 bridgehead atoms. The van der Waals surface area contributed by atoms with E-state index in [1.54, 1.807) is 0 Å². The lowest BCUT2D eigenvalue weighted by Gasteiger charge is -1.95. The number of amides is 1. The summed E-state index contributed by atoms with van der Waals surface area (Å²) < 4.78 is 32.1. The molecule has 12 heavy (non-hydrogen) atoms. The zero-order chi connectivity index (χ0) is 10.4. The first-order valence-corrected chi connectivity index (χ1v) is 3.04. The molecule has 1 atom stereocenters. The van der Waals surface area contributed by atoms with Gasteiger partial charge in [-0.2, -0.15) is 13.2 Å². The molecular formula is C5H12F3N3O. The van der Waals surface area contributed by atoms with Crippen LogP contribution in [0.15, 0.2) is 0 Å². The Balaban J connectivity index is 0. The maximum absolute atomic E-state index is 10.7. The Morgan fingerprint density at radius 2 is 1.67 bits per heavy atom. The Hall–Kier alpha value is -0.820. The molecule has 0 aliphatic rings. The van der Waals surface area contributed by atoms with Gasteiger partial charge in [0.1, 0.15) is 0 Å². The van der Waals surface area contributed by atoms with E-state index in [2.05, 4.69) is 5.73 Å². The van der Waals surface area contributed by atoms with Crippen LogP contribution in [0.3, 0.4) is 0 Å². The molecule has 1 unspecified atom stereocenters. The third kappa shape index (κ3) is 11.9. The zero-order valence-corrected chi connectivity index (χ0v) is 6.56. The first-order chi connectivity index (χ1) is 5.21. The molecule has 1 amide bonds. The van der Waals surface area contributed by atoms with Crippen LogP contribution in [0.4, 0.5) is 13.2 Å². The van der Waals surface area contributed by atoms with Crippen molar-refractivity contribution in [2.45, 2.75) is 19.1 Å². The fourth-order valence-electron chi connectivity index (χ4n) is 0. The summed E-state index contributed by atoms with van der Waals surface area (Å²) in [6, 6.07) is 0.162. The van der Waals surface area contributed by atoms with Gasteiger partial charge in [0.15, 0.2) is 0 Å². The fraction of sp³-hybridized carbons (Fsp3) is 0.800. The van der Waals surface area contributed by atoms with E-state index in [4.69, 9.17) is 16.3 Å². The number of rotatable bonds is 1. The molecule has 0 aliphatic carbocycles. The van der Waals surface area contributed by atoms with Crippen LogP contribution >= 0.6 is 0 Å². The van der Waals surface area contributed by atoms with E-state index < -0.39 is 12.1 Å². The van der Waals surface area contributed by atoms with Crippen molar-refractivity contribution in [1.82, 2.24) is 0 Å². The van der Waals surface area contributed by atoms with Gasteiger partial charge in [0, 0.05) is 12.6 Å². The average molecular weight is 187 g/mol. The van der Waals surface area contributed by atoms with Crippen LogP contribution in [0.25, 0.3) is 0 Å². The summed E-state index contributed by atoms with van der Waals surface area (Å²) in [5.74, 6) is -2.26. The Morgan fingerprint density at radius 1 is 1.50 bits per heavy atom. The Bertz CT molecular complexity index is 134.